The van der Waals surface area contributed by atoms with Gasteiger partial charge in [-0.05, 0) is 43.5 Å². The van der Waals surface area contributed by atoms with Crippen LogP contribution in [0.3, 0.4) is 0 Å². The van der Waals surface area contributed by atoms with Gasteiger partial charge in [-0.1, -0.05) is 12.1 Å². The van der Waals surface area contributed by atoms with Gasteiger partial charge in [-0.3, -0.25) is 9.59 Å². The second-order valence-corrected chi connectivity index (χ2v) is 6.73. The highest BCUT2D eigenvalue weighted by atomic mass is 35.5. The van der Waals surface area contributed by atoms with Crippen molar-refractivity contribution in [2.45, 2.75) is 25.3 Å². The van der Waals surface area contributed by atoms with E-state index in [2.05, 4.69) is 10.6 Å². The van der Waals surface area contributed by atoms with E-state index in [4.69, 9.17) is 11.6 Å². The van der Waals surface area contributed by atoms with Crippen LogP contribution >= 0.6 is 11.6 Å². The fraction of sp³-hybridized carbons (Fsp3) is 0.300. The molecule has 156 valence electrons. The van der Waals surface area contributed by atoms with Crippen molar-refractivity contribution in [3.05, 3.63) is 47.5 Å². The maximum absolute atomic E-state index is 12.2. The van der Waals surface area contributed by atoms with E-state index in [9.17, 15) is 30.0 Å². The van der Waals surface area contributed by atoms with E-state index >= 15 is 0 Å². The van der Waals surface area contributed by atoms with Crippen molar-refractivity contribution in [3.8, 4) is 23.0 Å². The molecule has 0 fully saturated rings. The third-order valence-electron chi connectivity index (χ3n) is 4.31. The highest BCUT2D eigenvalue weighted by Gasteiger charge is 2.18. The van der Waals surface area contributed by atoms with E-state index in [0.717, 1.165) is 0 Å². The molecule has 6 N–H and O–H groups in total. The molecule has 9 heteroatoms. The van der Waals surface area contributed by atoms with E-state index in [1.165, 1.54) is 36.4 Å². The fourth-order valence-corrected chi connectivity index (χ4v) is 2.92. The number of rotatable bonds is 9. The van der Waals surface area contributed by atoms with E-state index in [1.54, 1.807) is 0 Å². The number of carbonyl (C=O) groups excluding carboxylic acids is 2. The summed E-state index contributed by atoms with van der Waals surface area (Å²) < 4.78 is 0. The Hall–Kier alpha value is -3.13. The van der Waals surface area contributed by atoms with Gasteiger partial charge in [0.05, 0.1) is 11.1 Å². The van der Waals surface area contributed by atoms with Crippen LogP contribution in [0.1, 0.15) is 40.0 Å². The number of phenols is 4. The van der Waals surface area contributed by atoms with E-state index in [-0.39, 0.29) is 34.5 Å². The summed E-state index contributed by atoms with van der Waals surface area (Å²) in [5, 5.41) is 43.7. The lowest BCUT2D eigenvalue weighted by atomic mass is 10.1. The molecule has 0 aromatic heterocycles. The number of aromatic hydroxyl groups is 4. The molecule has 1 unspecified atom stereocenters. The van der Waals surface area contributed by atoms with Gasteiger partial charge < -0.3 is 31.1 Å². The van der Waals surface area contributed by atoms with Crippen LogP contribution in [0.4, 0.5) is 0 Å². The smallest absolute Gasteiger partial charge is 0.255 e. The number of hydrogen-bond acceptors (Lipinski definition) is 6. The quantitative estimate of drug-likeness (QED) is 0.208. The number of alkyl halides is 1. The molecule has 0 bridgehead atoms. The van der Waals surface area contributed by atoms with Gasteiger partial charge in [0, 0.05) is 18.5 Å². The lowest BCUT2D eigenvalue weighted by molar-refractivity contribution is 0.0933. The summed E-state index contributed by atoms with van der Waals surface area (Å²) in [6.07, 6.45) is 1.80. The SMILES string of the molecule is O=C(NCCCCC(CCl)NC(=O)c1cccc(O)c1O)c1cccc(O)c1O. The molecular weight excluding hydrogens is 400 g/mol. The summed E-state index contributed by atoms with van der Waals surface area (Å²) in [7, 11) is 0. The number of amides is 2. The van der Waals surface area contributed by atoms with Gasteiger partial charge >= 0.3 is 0 Å². The van der Waals surface area contributed by atoms with Crippen molar-refractivity contribution in [1.82, 2.24) is 10.6 Å². The number of unbranched alkanes of at least 4 members (excludes halogenated alkanes) is 1. The summed E-state index contributed by atoms with van der Waals surface area (Å²) >= 11 is 5.90. The number of para-hydroxylation sites is 2. The van der Waals surface area contributed by atoms with E-state index < -0.39 is 23.3 Å². The lowest BCUT2D eigenvalue weighted by Crippen LogP contribution is -2.36. The van der Waals surface area contributed by atoms with Gasteiger partial charge in [0.1, 0.15) is 0 Å². The first kappa shape index (κ1) is 22.2. The monoisotopic (exact) mass is 422 g/mol. The van der Waals surface area contributed by atoms with Crippen LogP contribution in [0, 0.1) is 0 Å². The predicted octanol–water partition coefficient (Wildman–Crippen LogP) is 2.45. The first-order chi connectivity index (χ1) is 13.8. The molecule has 0 heterocycles. The van der Waals surface area contributed by atoms with Gasteiger partial charge in [0.2, 0.25) is 0 Å². The van der Waals surface area contributed by atoms with Crippen molar-refractivity contribution in [2.75, 3.05) is 12.4 Å². The average molecular weight is 423 g/mol. The highest BCUT2D eigenvalue weighted by Crippen LogP contribution is 2.29. The number of phenolic OH excluding ortho intramolecular Hbond substituents is 4. The fourth-order valence-electron chi connectivity index (χ4n) is 2.69. The van der Waals surface area contributed by atoms with Crippen LogP contribution in [0.5, 0.6) is 23.0 Å². The molecule has 0 saturated heterocycles. The molecule has 0 aliphatic heterocycles. The molecule has 1 atom stereocenters. The Bertz CT molecular complexity index is 874. The van der Waals surface area contributed by atoms with Crippen LogP contribution in [-0.2, 0) is 0 Å². The van der Waals surface area contributed by atoms with Crippen molar-refractivity contribution in [2.24, 2.45) is 0 Å². The number of carbonyl (C=O) groups is 2. The van der Waals surface area contributed by atoms with Gasteiger partial charge in [0.25, 0.3) is 11.8 Å². The standard InChI is InChI=1S/C20H23ClN2O6/c21-11-12(23-20(29)14-7-4-9-16(25)18(14)27)5-1-2-10-22-19(28)13-6-3-8-15(24)17(13)26/h3-4,6-9,12,24-27H,1-2,5,10-11H2,(H,22,28)(H,23,29). The maximum atomic E-state index is 12.2. The van der Waals surface area contributed by atoms with Gasteiger partial charge in [0.15, 0.2) is 23.0 Å². The number of halogens is 1. The second-order valence-electron chi connectivity index (χ2n) is 6.42. The van der Waals surface area contributed by atoms with Crippen LogP contribution in [0.15, 0.2) is 36.4 Å². The molecule has 0 saturated carbocycles. The summed E-state index contributed by atoms with van der Waals surface area (Å²) in [5.41, 5.74) is -0.0554. The minimum atomic E-state index is -0.545. The lowest BCUT2D eigenvalue weighted by Gasteiger charge is -2.17. The Labute approximate surface area is 172 Å². The van der Waals surface area contributed by atoms with Crippen LogP contribution in [0.2, 0.25) is 0 Å². The summed E-state index contributed by atoms with van der Waals surface area (Å²) in [6.45, 7) is 0.338. The summed E-state index contributed by atoms with van der Waals surface area (Å²) in [4.78, 5) is 24.3. The van der Waals surface area contributed by atoms with Crippen molar-refractivity contribution in [3.63, 3.8) is 0 Å². The van der Waals surface area contributed by atoms with Crippen molar-refractivity contribution < 1.29 is 30.0 Å². The normalized spacial score (nSPS) is 11.6. The Morgan fingerprint density at radius 2 is 1.41 bits per heavy atom. The van der Waals surface area contributed by atoms with Gasteiger partial charge in [-0.25, -0.2) is 0 Å². The second kappa shape index (κ2) is 10.4. The molecule has 0 spiro atoms. The molecule has 0 aliphatic rings. The Balaban J connectivity index is 1.77. The zero-order valence-corrected chi connectivity index (χ0v) is 16.3. The van der Waals surface area contributed by atoms with E-state index in [1.807, 2.05) is 0 Å². The Kier molecular flexibility index (Phi) is 7.97. The Morgan fingerprint density at radius 3 is 1.97 bits per heavy atom. The topological polar surface area (TPSA) is 139 Å². The first-order valence-corrected chi connectivity index (χ1v) is 9.55. The first-order valence-electron chi connectivity index (χ1n) is 9.02. The maximum Gasteiger partial charge on any atom is 0.255 e. The summed E-state index contributed by atoms with van der Waals surface area (Å²) in [6, 6.07) is 7.91. The van der Waals surface area contributed by atoms with Gasteiger partial charge in [-0.2, -0.15) is 0 Å². The molecule has 2 rings (SSSR count). The zero-order valence-electron chi connectivity index (χ0n) is 15.6. The number of benzene rings is 2. The van der Waals surface area contributed by atoms with Gasteiger partial charge in [-0.15, -0.1) is 11.6 Å². The molecule has 29 heavy (non-hydrogen) atoms. The third kappa shape index (κ3) is 5.92. The van der Waals surface area contributed by atoms with Crippen molar-refractivity contribution in [1.29, 1.82) is 0 Å². The molecule has 0 radical (unpaired) electrons. The minimum Gasteiger partial charge on any atom is -0.504 e. The predicted molar refractivity (Wildman–Crippen MR) is 108 cm³/mol. The molecule has 8 nitrogen and oxygen atoms in total. The molecule has 2 aromatic carbocycles. The number of hydrogen-bond donors (Lipinski definition) is 6. The average Bonchev–Trinajstić information content (AvgIpc) is 2.70. The zero-order chi connectivity index (χ0) is 21.4. The minimum absolute atomic E-state index is 0.0122. The molecule has 2 aromatic rings. The number of nitrogens with one attached hydrogen (secondary N) is 2. The van der Waals surface area contributed by atoms with E-state index in [0.29, 0.717) is 25.8 Å². The third-order valence-corrected chi connectivity index (χ3v) is 4.68. The van der Waals surface area contributed by atoms with Crippen LogP contribution in [-0.4, -0.2) is 50.7 Å². The Morgan fingerprint density at radius 1 is 0.862 bits per heavy atom. The summed E-state index contributed by atoms with van der Waals surface area (Å²) in [5.74, 6) is -2.59. The molecular formula is C20H23ClN2O6. The van der Waals surface area contributed by atoms with Crippen molar-refractivity contribution >= 4 is 23.4 Å². The highest BCUT2D eigenvalue weighted by molar-refractivity contribution is 6.18. The largest absolute Gasteiger partial charge is 0.504 e. The molecule has 2 amide bonds. The molecule has 0 aliphatic carbocycles. The van der Waals surface area contributed by atoms with Crippen LogP contribution < -0.4 is 10.6 Å². The van der Waals surface area contributed by atoms with Crippen LogP contribution in [0.25, 0.3) is 0 Å².